The number of carbonyl (C=O) groups excluding carboxylic acids is 1. The molecule has 0 saturated carbocycles. The second-order valence-electron chi connectivity index (χ2n) is 9.47. The summed E-state index contributed by atoms with van der Waals surface area (Å²) in [5.41, 5.74) is 4.63. The Morgan fingerprint density at radius 1 is 1.03 bits per heavy atom. The molecule has 4 aromatic rings. The van der Waals surface area contributed by atoms with Gasteiger partial charge in [0.05, 0.1) is 10.9 Å². The molecule has 5 rings (SSSR count). The number of pyridine rings is 1. The van der Waals surface area contributed by atoms with E-state index in [1.807, 2.05) is 30.3 Å². The monoisotopic (exact) mass is 510 g/mol. The van der Waals surface area contributed by atoms with Crippen LogP contribution in [-0.2, 0) is 0 Å². The van der Waals surface area contributed by atoms with Crippen molar-refractivity contribution in [1.82, 2.24) is 15.3 Å². The third-order valence-electron chi connectivity index (χ3n) is 6.98. The average Bonchev–Trinajstić information content (AvgIpc) is 3.48. The Bertz CT molecular complexity index is 1480. The second-order valence-corrected chi connectivity index (χ2v) is 9.47. The smallest absolute Gasteiger partial charge is 0.343 e. The van der Waals surface area contributed by atoms with Crippen LogP contribution in [0.15, 0.2) is 93.4 Å². The molecule has 1 atom stereocenters. The fourth-order valence-electron chi connectivity index (χ4n) is 4.96. The molecule has 2 aromatic carbocycles. The lowest BCUT2D eigenvalue weighted by atomic mass is 9.86. The summed E-state index contributed by atoms with van der Waals surface area (Å²) in [6.07, 6.45) is 6.39. The summed E-state index contributed by atoms with van der Waals surface area (Å²) < 4.78 is 5.62. The highest BCUT2D eigenvalue weighted by atomic mass is 16.4. The van der Waals surface area contributed by atoms with Crippen molar-refractivity contribution in [2.45, 2.75) is 31.6 Å². The molecular weight excluding hydrogens is 480 g/mol. The number of benzene rings is 2. The summed E-state index contributed by atoms with van der Waals surface area (Å²) in [5.74, 6) is -0.951. The van der Waals surface area contributed by atoms with Crippen LogP contribution in [0.2, 0.25) is 0 Å². The van der Waals surface area contributed by atoms with Gasteiger partial charge in [-0.15, -0.1) is 0 Å². The van der Waals surface area contributed by atoms with Crippen LogP contribution in [0, 0.1) is 0 Å². The molecule has 8 nitrogen and oxygen atoms in total. The van der Waals surface area contributed by atoms with Crippen LogP contribution < -0.4 is 11.1 Å². The Morgan fingerprint density at radius 3 is 2.50 bits per heavy atom. The Labute approximate surface area is 220 Å². The summed E-state index contributed by atoms with van der Waals surface area (Å²) in [7, 11) is 0. The molecule has 38 heavy (non-hydrogen) atoms. The van der Waals surface area contributed by atoms with Crippen LogP contribution >= 0.6 is 0 Å². The van der Waals surface area contributed by atoms with E-state index in [0.29, 0.717) is 29.4 Å². The Morgan fingerprint density at radius 2 is 1.74 bits per heavy atom. The van der Waals surface area contributed by atoms with E-state index in [2.05, 4.69) is 20.4 Å². The van der Waals surface area contributed by atoms with E-state index in [1.165, 1.54) is 12.8 Å². The third kappa shape index (κ3) is 5.81. The van der Waals surface area contributed by atoms with Gasteiger partial charge in [-0.05, 0) is 62.2 Å². The average molecular weight is 511 g/mol. The second kappa shape index (κ2) is 11.8. The number of hydrogen-bond donors (Lipinski definition) is 2. The van der Waals surface area contributed by atoms with Gasteiger partial charge in [-0.25, -0.2) is 10.2 Å². The minimum Gasteiger partial charge on any atom is -0.507 e. The third-order valence-corrected chi connectivity index (χ3v) is 6.98. The largest absolute Gasteiger partial charge is 0.507 e. The first-order valence-electron chi connectivity index (χ1n) is 12.9. The SMILES string of the molecule is O=C(N/N=C(/CCN1CCCC1)C[C@H](c1ccccc1)c1c(O)c2ccccc2oc1=O)c1ccncc1. The number of fused-ring (bicyclic) bond motifs is 1. The van der Waals surface area contributed by atoms with Gasteiger partial charge in [0.1, 0.15) is 11.3 Å². The van der Waals surface area contributed by atoms with Gasteiger partial charge in [0.15, 0.2) is 0 Å². The normalized spacial score (nSPS) is 15.0. The molecule has 2 aromatic heterocycles. The lowest BCUT2D eigenvalue weighted by Gasteiger charge is -2.21. The van der Waals surface area contributed by atoms with Crippen molar-refractivity contribution in [2.75, 3.05) is 19.6 Å². The summed E-state index contributed by atoms with van der Waals surface area (Å²) in [6.45, 7) is 2.87. The van der Waals surface area contributed by atoms with E-state index in [4.69, 9.17) is 4.42 Å². The van der Waals surface area contributed by atoms with Crippen LogP contribution in [0.1, 0.15) is 53.1 Å². The lowest BCUT2D eigenvalue weighted by Crippen LogP contribution is -2.26. The summed E-state index contributed by atoms with van der Waals surface area (Å²) in [5, 5.41) is 16.3. The number of aromatic hydroxyl groups is 1. The molecule has 1 saturated heterocycles. The van der Waals surface area contributed by atoms with E-state index in [1.54, 1.807) is 48.8 Å². The molecule has 194 valence electrons. The molecule has 0 spiro atoms. The van der Waals surface area contributed by atoms with Crippen LogP contribution in [0.5, 0.6) is 5.75 Å². The molecular formula is C30H30N4O4. The van der Waals surface area contributed by atoms with Crippen molar-refractivity contribution >= 4 is 22.6 Å². The maximum atomic E-state index is 13.2. The molecule has 1 aliphatic heterocycles. The molecule has 0 radical (unpaired) electrons. The van der Waals surface area contributed by atoms with Crippen LogP contribution in [0.4, 0.5) is 0 Å². The van der Waals surface area contributed by atoms with Crippen molar-refractivity contribution < 1.29 is 14.3 Å². The van der Waals surface area contributed by atoms with Gasteiger partial charge in [-0.3, -0.25) is 9.78 Å². The first-order valence-corrected chi connectivity index (χ1v) is 12.9. The van der Waals surface area contributed by atoms with E-state index >= 15 is 0 Å². The van der Waals surface area contributed by atoms with Crippen molar-refractivity contribution in [2.24, 2.45) is 5.10 Å². The number of hydrogen-bond acceptors (Lipinski definition) is 7. The van der Waals surface area contributed by atoms with Gasteiger partial charge in [0, 0.05) is 42.6 Å². The maximum Gasteiger partial charge on any atom is 0.343 e. The molecule has 3 heterocycles. The molecule has 1 fully saturated rings. The van der Waals surface area contributed by atoms with Gasteiger partial charge >= 0.3 is 5.63 Å². The molecule has 1 aliphatic rings. The van der Waals surface area contributed by atoms with Crippen molar-refractivity contribution in [3.63, 3.8) is 0 Å². The van der Waals surface area contributed by atoms with Gasteiger partial charge in [0.2, 0.25) is 0 Å². The Hall–Kier alpha value is -4.30. The fourth-order valence-corrected chi connectivity index (χ4v) is 4.96. The number of para-hydroxylation sites is 1. The summed E-state index contributed by atoms with van der Waals surface area (Å²) in [6, 6.07) is 19.7. The highest BCUT2D eigenvalue weighted by Gasteiger charge is 2.27. The Balaban J connectivity index is 1.51. The minimum absolute atomic E-state index is 0.0922. The molecule has 8 heteroatoms. The fraction of sp³-hybridized carbons (Fsp3) is 0.267. The molecule has 2 N–H and O–H groups in total. The van der Waals surface area contributed by atoms with Crippen molar-refractivity contribution in [3.05, 3.63) is 106 Å². The number of nitrogens with one attached hydrogen (secondary N) is 1. The first kappa shape index (κ1) is 25.4. The van der Waals surface area contributed by atoms with E-state index in [-0.39, 0.29) is 17.2 Å². The van der Waals surface area contributed by atoms with Gasteiger partial charge in [-0.1, -0.05) is 42.5 Å². The number of amides is 1. The van der Waals surface area contributed by atoms with E-state index < -0.39 is 11.5 Å². The van der Waals surface area contributed by atoms with Crippen LogP contribution in [-0.4, -0.2) is 46.2 Å². The van der Waals surface area contributed by atoms with Gasteiger partial charge in [-0.2, -0.15) is 5.10 Å². The van der Waals surface area contributed by atoms with Crippen LogP contribution in [0.3, 0.4) is 0 Å². The number of rotatable bonds is 9. The van der Waals surface area contributed by atoms with Crippen LogP contribution in [0.25, 0.3) is 11.0 Å². The van der Waals surface area contributed by atoms with Crippen molar-refractivity contribution in [1.29, 1.82) is 0 Å². The predicted octanol–water partition coefficient (Wildman–Crippen LogP) is 4.69. The maximum absolute atomic E-state index is 13.2. The number of aromatic nitrogens is 1. The highest BCUT2D eigenvalue weighted by Crippen LogP contribution is 2.36. The van der Waals surface area contributed by atoms with Gasteiger partial charge in [0.25, 0.3) is 5.91 Å². The molecule has 0 aliphatic carbocycles. The first-order chi connectivity index (χ1) is 18.6. The zero-order chi connectivity index (χ0) is 26.3. The van der Waals surface area contributed by atoms with Gasteiger partial charge < -0.3 is 14.4 Å². The summed E-state index contributed by atoms with van der Waals surface area (Å²) in [4.78, 5) is 32.3. The topological polar surface area (TPSA) is 108 Å². The molecule has 0 bridgehead atoms. The quantitative estimate of drug-likeness (QED) is 0.192. The lowest BCUT2D eigenvalue weighted by molar-refractivity contribution is 0.0954. The zero-order valence-electron chi connectivity index (χ0n) is 21.0. The predicted molar refractivity (Wildman–Crippen MR) is 146 cm³/mol. The van der Waals surface area contributed by atoms with E-state index in [0.717, 1.165) is 30.9 Å². The number of carbonyl (C=O) groups is 1. The Kier molecular flexibility index (Phi) is 7.89. The standard InChI is InChI=1S/C30H30N4O4/c35-28-24-10-4-5-11-26(24)38-30(37)27(28)25(21-8-2-1-3-9-21)20-23(14-19-34-17-6-7-18-34)32-33-29(36)22-12-15-31-16-13-22/h1-5,8-13,15-16,25,35H,6-7,14,17-20H2,(H,33,36)/b32-23-/t25-/m1/s1. The number of nitrogens with zero attached hydrogens (tertiary/aromatic N) is 3. The zero-order valence-corrected chi connectivity index (χ0v) is 21.0. The number of likely N-dealkylation sites (tertiary alicyclic amines) is 1. The van der Waals surface area contributed by atoms with Crippen molar-refractivity contribution in [3.8, 4) is 5.75 Å². The molecule has 1 amide bonds. The molecule has 0 unspecified atom stereocenters. The summed E-state index contributed by atoms with van der Waals surface area (Å²) >= 11 is 0. The van der Waals surface area contributed by atoms with E-state index in [9.17, 15) is 14.7 Å². The highest BCUT2D eigenvalue weighted by molar-refractivity contribution is 5.95. The minimum atomic E-state index is -0.588. The number of hydrazone groups is 1.